The maximum atomic E-state index is 9.61. The fourth-order valence-corrected chi connectivity index (χ4v) is 0.715. The van der Waals surface area contributed by atoms with E-state index < -0.39 is 18.4 Å². The Labute approximate surface area is 88.1 Å². The van der Waals surface area contributed by atoms with E-state index in [4.69, 9.17) is 5.11 Å². The van der Waals surface area contributed by atoms with Gasteiger partial charge < -0.3 is 20.3 Å². The highest BCUT2D eigenvalue weighted by atomic mass is 16.4. The van der Waals surface area contributed by atoms with E-state index in [1.165, 1.54) is 0 Å². The molecule has 5 nitrogen and oxygen atoms in total. The normalized spacial score (nSPS) is 12.5. The third-order valence-electron chi connectivity index (χ3n) is 1.45. The molecule has 0 fully saturated rings. The van der Waals surface area contributed by atoms with Crippen molar-refractivity contribution in [3.05, 3.63) is 23.9 Å². The Balaban J connectivity index is 0.000000262. The third-order valence-corrected chi connectivity index (χ3v) is 1.45. The Morgan fingerprint density at radius 1 is 1.60 bits per heavy atom. The van der Waals surface area contributed by atoms with Crippen molar-refractivity contribution >= 4 is 11.9 Å². The van der Waals surface area contributed by atoms with E-state index in [-0.39, 0.29) is 6.42 Å². The third kappa shape index (κ3) is 10.0. The number of hydrogen-bond acceptors (Lipinski definition) is 4. The van der Waals surface area contributed by atoms with E-state index in [9.17, 15) is 14.7 Å². The lowest BCUT2D eigenvalue weighted by atomic mass is 10.3. The number of carbonyl (C=O) groups is 2. The molecule has 0 spiro atoms. The molecule has 0 amide bonds. The van der Waals surface area contributed by atoms with Crippen LogP contribution in [0.3, 0.4) is 0 Å². The highest BCUT2D eigenvalue weighted by Crippen LogP contribution is 1.90. The van der Waals surface area contributed by atoms with Crippen LogP contribution < -0.4 is 10.4 Å². The predicted molar refractivity (Wildman–Crippen MR) is 51.4 cm³/mol. The molecule has 1 aliphatic rings. The Hall–Kier alpha value is -1.87. The van der Waals surface area contributed by atoms with Gasteiger partial charge in [0.05, 0.1) is 12.5 Å². The molecule has 1 rings (SSSR count). The van der Waals surface area contributed by atoms with Crippen LogP contribution in [-0.4, -0.2) is 23.6 Å². The first-order valence-electron chi connectivity index (χ1n) is 4.43. The zero-order valence-corrected chi connectivity index (χ0v) is 8.45. The molecule has 0 radical (unpaired) electrons. The molecular formula is C10H13NO4. The number of carboxylic acids is 2. The monoisotopic (exact) mass is 211 g/mol. The van der Waals surface area contributed by atoms with Crippen LogP contribution in [0.5, 0.6) is 0 Å². The zero-order valence-electron chi connectivity index (χ0n) is 8.45. The molecule has 1 heterocycles. The smallest absolute Gasteiger partial charge is 0.303 e. The summed E-state index contributed by atoms with van der Waals surface area (Å²) in [7, 11) is 0. The molecular weight excluding hydrogens is 198 g/mol. The van der Waals surface area contributed by atoms with Crippen LogP contribution in [0.1, 0.15) is 19.8 Å². The van der Waals surface area contributed by atoms with Gasteiger partial charge in [0.1, 0.15) is 12.6 Å². The molecule has 0 bridgehead atoms. The fourth-order valence-electron chi connectivity index (χ4n) is 0.715. The number of aliphatic carboxylic acids is 2. The van der Waals surface area contributed by atoms with E-state index >= 15 is 0 Å². The first-order valence-corrected chi connectivity index (χ1v) is 4.43. The van der Waals surface area contributed by atoms with Crippen molar-refractivity contribution in [3.63, 3.8) is 0 Å². The van der Waals surface area contributed by atoms with Gasteiger partial charge in [-0.25, -0.2) is 0 Å². The Bertz CT molecular complexity index is 267. The molecule has 0 unspecified atom stereocenters. The molecule has 2 N–H and O–H groups in total. The molecule has 0 aromatic carbocycles. The van der Waals surface area contributed by atoms with Crippen LogP contribution in [-0.2, 0) is 9.59 Å². The van der Waals surface area contributed by atoms with Gasteiger partial charge in [0.15, 0.2) is 11.8 Å². The molecule has 0 saturated carbocycles. The van der Waals surface area contributed by atoms with Gasteiger partial charge in [0.25, 0.3) is 0 Å². The minimum Gasteiger partial charge on any atom is -0.550 e. The number of nitrogens with one attached hydrogen (secondary N) is 1. The van der Waals surface area contributed by atoms with Crippen LogP contribution in [0.15, 0.2) is 17.8 Å². The number of allylic oxidation sites excluding steroid dienone is 3. The second kappa shape index (κ2) is 7.53. The largest absolute Gasteiger partial charge is 0.550 e. The standard InChI is InChI=1S/C6H8N.C4H6O4/c1-6-4-2-3-5-7-6;5-3(6)1-2-4(7)8/h2-3,7H,5H2,1H3;1-2H2,(H,5,6)(H,7,8)/q+1;/p-1. The summed E-state index contributed by atoms with van der Waals surface area (Å²) in [6.07, 6.45) is 6.21. The number of carboxylic acid groups (broad SMARTS) is 2. The molecule has 82 valence electrons. The van der Waals surface area contributed by atoms with Crippen molar-refractivity contribution < 1.29 is 19.8 Å². The molecule has 0 aromatic rings. The van der Waals surface area contributed by atoms with Gasteiger partial charge in [-0.05, 0) is 6.42 Å². The van der Waals surface area contributed by atoms with E-state index in [0.29, 0.717) is 0 Å². The van der Waals surface area contributed by atoms with Crippen LogP contribution in [0.25, 0.3) is 0 Å². The van der Waals surface area contributed by atoms with Crippen LogP contribution in [0, 0.1) is 6.08 Å². The lowest BCUT2D eigenvalue weighted by molar-refractivity contribution is -0.305. The quantitative estimate of drug-likeness (QED) is 0.611. The maximum Gasteiger partial charge on any atom is 0.303 e. The lowest BCUT2D eigenvalue weighted by Gasteiger charge is -1.94. The summed E-state index contributed by atoms with van der Waals surface area (Å²) in [6, 6.07) is 0. The number of hydrogen-bond donors (Lipinski definition) is 2. The zero-order chi connectivity index (χ0) is 11.7. The summed E-state index contributed by atoms with van der Waals surface area (Å²) in [5.41, 5.74) is 1.13. The number of dihydropyridines is 1. The van der Waals surface area contributed by atoms with Gasteiger partial charge in [0, 0.05) is 12.9 Å². The van der Waals surface area contributed by atoms with Crippen LogP contribution in [0.2, 0.25) is 0 Å². The SMILES string of the molecule is CC1=[C+]C=CCN1.O=C([O-])CCC(=O)O. The van der Waals surface area contributed by atoms with E-state index in [1.807, 2.05) is 19.1 Å². The summed E-state index contributed by atoms with van der Waals surface area (Å²) < 4.78 is 0. The van der Waals surface area contributed by atoms with Crippen molar-refractivity contribution in [2.45, 2.75) is 19.8 Å². The Kier molecular flexibility index (Phi) is 6.59. The summed E-state index contributed by atoms with van der Waals surface area (Å²) >= 11 is 0. The second-order valence-corrected chi connectivity index (χ2v) is 2.82. The van der Waals surface area contributed by atoms with Crippen LogP contribution >= 0.6 is 0 Å². The molecule has 5 heteroatoms. The average molecular weight is 211 g/mol. The van der Waals surface area contributed by atoms with Gasteiger partial charge in [0.2, 0.25) is 0 Å². The highest BCUT2D eigenvalue weighted by Gasteiger charge is 1.97. The van der Waals surface area contributed by atoms with Gasteiger partial charge in [-0.3, -0.25) is 4.79 Å². The van der Waals surface area contributed by atoms with Crippen molar-refractivity contribution in [2.75, 3.05) is 6.54 Å². The topological polar surface area (TPSA) is 89.5 Å². The van der Waals surface area contributed by atoms with Gasteiger partial charge in [-0.1, -0.05) is 0 Å². The summed E-state index contributed by atoms with van der Waals surface area (Å²) in [5, 5.41) is 20.5. The Morgan fingerprint density at radius 3 is 2.47 bits per heavy atom. The number of rotatable bonds is 3. The van der Waals surface area contributed by atoms with E-state index in [2.05, 4.69) is 11.4 Å². The minimum absolute atomic E-state index is 0.359. The van der Waals surface area contributed by atoms with E-state index in [0.717, 1.165) is 12.2 Å². The molecule has 0 aromatic heterocycles. The van der Waals surface area contributed by atoms with Crippen molar-refractivity contribution in [1.29, 1.82) is 0 Å². The molecule has 0 atom stereocenters. The first kappa shape index (κ1) is 13.1. The fraction of sp³-hybridized carbons (Fsp3) is 0.400. The molecule has 15 heavy (non-hydrogen) atoms. The highest BCUT2D eigenvalue weighted by molar-refractivity contribution is 5.74. The van der Waals surface area contributed by atoms with Crippen molar-refractivity contribution in [2.24, 2.45) is 0 Å². The minimum atomic E-state index is -1.33. The molecule has 0 aliphatic carbocycles. The first-order chi connectivity index (χ1) is 7.02. The van der Waals surface area contributed by atoms with Gasteiger partial charge in [-0.15, -0.1) is 0 Å². The van der Waals surface area contributed by atoms with Gasteiger partial charge in [-0.2, -0.15) is 0 Å². The Morgan fingerprint density at radius 2 is 2.27 bits per heavy atom. The van der Waals surface area contributed by atoms with Gasteiger partial charge >= 0.3 is 5.97 Å². The number of carbonyl (C=O) groups excluding carboxylic acids is 1. The molecule has 0 saturated heterocycles. The summed E-state index contributed by atoms with van der Waals surface area (Å²) in [4.78, 5) is 19.1. The summed E-state index contributed by atoms with van der Waals surface area (Å²) in [5.74, 6) is -2.44. The van der Waals surface area contributed by atoms with E-state index in [1.54, 1.807) is 0 Å². The van der Waals surface area contributed by atoms with Crippen molar-refractivity contribution in [1.82, 2.24) is 5.32 Å². The van der Waals surface area contributed by atoms with Crippen molar-refractivity contribution in [3.8, 4) is 0 Å². The maximum absolute atomic E-state index is 9.61. The molecule has 1 aliphatic heterocycles. The van der Waals surface area contributed by atoms with Crippen LogP contribution in [0.4, 0.5) is 0 Å². The second-order valence-electron chi connectivity index (χ2n) is 2.82. The predicted octanol–water partition coefficient (Wildman–Crippen LogP) is -0.546. The lowest BCUT2D eigenvalue weighted by Crippen LogP contribution is -2.22. The summed E-state index contributed by atoms with van der Waals surface area (Å²) in [6.45, 7) is 2.96. The average Bonchev–Trinajstić information content (AvgIpc) is 2.17.